The summed E-state index contributed by atoms with van der Waals surface area (Å²) in [4.78, 5) is 17.1. The van der Waals surface area contributed by atoms with Crippen LogP contribution in [0.25, 0.3) is 28.0 Å². The Labute approximate surface area is 195 Å². The number of aromatic nitrogens is 4. The number of nitrogens with zero attached hydrogens (tertiary/aromatic N) is 5. The fourth-order valence-corrected chi connectivity index (χ4v) is 4.32. The minimum Gasteiger partial charge on any atom is -0.494 e. The van der Waals surface area contributed by atoms with E-state index in [0.29, 0.717) is 16.7 Å². The van der Waals surface area contributed by atoms with Gasteiger partial charge in [0.05, 0.1) is 25.3 Å². The van der Waals surface area contributed by atoms with Crippen molar-refractivity contribution in [3.8, 4) is 22.7 Å². The van der Waals surface area contributed by atoms with E-state index >= 15 is 0 Å². The molecule has 176 valence electrons. The predicted molar refractivity (Wildman–Crippen MR) is 127 cm³/mol. The molecule has 2 aromatic heterocycles. The van der Waals surface area contributed by atoms with E-state index < -0.39 is 11.4 Å². The normalized spacial score (nSPS) is 16.8. The van der Waals surface area contributed by atoms with E-state index in [1.54, 1.807) is 6.07 Å². The Morgan fingerprint density at radius 2 is 2.00 bits per heavy atom. The minimum absolute atomic E-state index is 0.0482. The SMILES string of the molecule is COc1cccc(F)c1-n1nc2c(-c3ccc(N4CCN(C)C(CO)C4)cc3)n[nH]c2cc1=O. The average Bonchev–Trinajstić information content (AvgIpc) is 3.26. The van der Waals surface area contributed by atoms with Crippen LogP contribution in [0, 0.1) is 5.82 Å². The Kier molecular flexibility index (Phi) is 5.76. The summed E-state index contributed by atoms with van der Waals surface area (Å²) in [6.07, 6.45) is 0. The van der Waals surface area contributed by atoms with Gasteiger partial charge in [0.1, 0.15) is 22.6 Å². The van der Waals surface area contributed by atoms with Crippen molar-refractivity contribution in [3.63, 3.8) is 0 Å². The molecule has 0 aliphatic carbocycles. The monoisotopic (exact) mass is 464 g/mol. The van der Waals surface area contributed by atoms with Crippen molar-refractivity contribution in [3.05, 3.63) is 64.7 Å². The van der Waals surface area contributed by atoms with Crippen LogP contribution < -0.4 is 15.2 Å². The summed E-state index contributed by atoms with van der Waals surface area (Å²) in [5.41, 5.74) is 2.76. The summed E-state index contributed by atoms with van der Waals surface area (Å²) in [6, 6.07) is 13.7. The predicted octanol–water partition coefficient (Wildman–Crippen LogP) is 2.04. The first-order chi connectivity index (χ1) is 16.5. The van der Waals surface area contributed by atoms with Crippen molar-refractivity contribution in [1.29, 1.82) is 0 Å². The lowest BCUT2D eigenvalue weighted by molar-refractivity contribution is 0.135. The molecule has 1 aliphatic rings. The van der Waals surface area contributed by atoms with Crippen LogP contribution in [-0.2, 0) is 0 Å². The Hall–Kier alpha value is -3.76. The molecule has 4 aromatic rings. The van der Waals surface area contributed by atoms with E-state index in [1.165, 1.54) is 25.3 Å². The summed E-state index contributed by atoms with van der Waals surface area (Å²) in [5, 5.41) is 21.3. The van der Waals surface area contributed by atoms with E-state index in [2.05, 4.69) is 25.1 Å². The molecule has 2 N–H and O–H groups in total. The number of piperazine rings is 1. The molecule has 5 rings (SSSR count). The number of methoxy groups -OCH3 is 1. The van der Waals surface area contributed by atoms with Gasteiger partial charge in [0.15, 0.2) is 5.82 Å². The molecule has 2 aromatic carbocycles. The van der Waals surface area contributed by atoms with Crippen molar-refractivity contribution in [2.75, 3.05) is 45.3 Å². The number of likely N-dealkylation sites (N-methyl/N-ethyl adjacent to an activating group) is 1. The molecule has 9 nitrogen and oxygen atoms in total. The summed E-state index contributed by atoms with van der Waals surface area (Å²) >= 11 is 0. The van der Waals surface area contributed by atoms with Gasteiger partial charge in [-0.2, -0.15) is 14.9 Å². The number of hydrogen-bond acceptors (Lipinski definition) is 7. The van der Waals surface area contributed by atoms with E-state index in [0.717, 1.165) is 35.6 Å². The molecule has 0 spiro atoms. The third kappa shape index (κ3) is 3.80. The second kappa shape index (κ2) is 8.88. The molecule has 1 saturated heterocycles. The highest BCUT2D eigenvalue weighted by molar-refractivity contribution is 5.89. The van der Waals surface area contributed by atoms with Gasteiger partial charge < -0.3 is 14.7 Å². The molecule has 1 atom stereocenters. The highest BCUT2D eigenvalue weighted by Crippen LogP contribution is 2.29. The Morgan fingerprint density at radius 1 is 1.21 bits per heavy atom. The van der Waals surface area contributed by atoms with Crippen LogP contribution in [0.3, 0.4) is 0 Å². The molecule has 3 heterocycles. The number of halogens is 1. The van der Waals surface area contributed by atoms with Gasteiger partial charge in [-0.3, -0.25) is 14.8 Å². The minimum atomic E-state index is -0.615. The van der Waals surface area contributed by atoms with Gasteiger partial charge in [-0.25, -0.2) is 4.39 Å². The van der Waals surface area contributed by atoms with E-state index in [9.17, 15) is 14.3 Å². The third-order valence-electron chi connectivity index (χ3n) is 6.32. The summed E-state index contributed by atoms with van der Waals surface area (Å²) in [5.74, 6) is -0.409. The molecule has 1 fully saturated rings. The van der Waals surface area contributed by atoms with Gasteiger partial charge in [-0.05, 0) is 31.3 Å². The van der Waals surface area contributed by atoms with E-state index in [4.69, 9.17) is 4.74 Å². The number of hydrogen-bond donors (Lipinski definition) is 2. The second-order valence-electron chi connectivity index (χ2n) is 8.33. The van der Waals surface area contributed by atoms with Gasteiger partial charge in [0.2, 0.25) is 0 Å². The highest BCUT2D eigenvalue weighted by atomic mass is 19.1. The number of aliphatic hydroxyl groups is 1. The zero-order valence-electron chi connectivity index (χ0n) is 18.9. The summed E-state index contributed by atoms with van der Waals surface area (Å²) in [7, 11) is 3.43. The maximum Gasteiger partial charge on any atom is 0.273 e. The van der Waals surface area contributed by atoms with Crippen LogP contribution in [0.5, 0.6) is 5.75 Å². The molecule has 0 bridgehead atoms. The van der Waals surface area contributed by atoms with Gasteiger partial charge in [-0.1, -0.05) is 18.2 Å². The zero-order valence-corrected chi connectivity index (χ0v) is 18.9. The first-order valence-corrected chi connectivity index (χ1v) is 11.0. The van der Waals surface area contributed by atoms with Crippen molar-refractivity contribution < 1.29 is 14.2 Å². The fraction of sp³-hybridized carbons (Fsp3) is 0.292. The van der Waals surface area contributed by atoms with Crippen LogP contribution >= 0.6 is 0 Å². The molecular formula is C24H25FN6O3. The molecular weight excluding hydrogens is 439 g/mol. The van der Waals surface area contributed by atoms with Gasteiger partial charge in [-0.15, -0.1) is 0 Å². The van der Waals surface area contributed by atoms with Gasteiger partial charge >= 0.3 is 0 Å². The number of rotatable bonds is 5. The molecule has 34 heavy (non-hydrogen) atoms. The number of anilines is 1. The smallest absolute Gasteiger partial charge is 0.273 e. The lowest BCUT2D eigenvalue weighted by Crippen LogP contribution is -2.53. The molecule has 1 unspecified atom stereocenters. The number of para-hydroxylation sites is 1. The molecule has 1 aliphatic heterocycles. The van der Waals surface area contributed by atoms with E-state index in [-0.39, 0.29) is 24.1 Å². The Balaban J connectivity index is 1.52. The summed E-state index contributed by atoms with van der Waals surface area (Å²) < 4.78 is 20.9. The van der Waals surface area contributed by atoms with Crippen LogP contribution in [0.2, 0.25) is 0 Å². The Morgan fingerprint density at radius 3 is 2.74 bits per heavy atom. The van der Waals surface area contributed by atoms with Crippen LogP contribution in [0.4, 0.5) is 10.1 Å². The lowest BCUT2D eigenvalue weighted by atomic mass is 10.1. The maximum atomic E-state index is 14.6. The lowest BCUT2D eigenvalue weighted by Gasteiger charge is -2.39. The van der Waals surface area contributed by atoms with Gasteiger partial charge in [0.25, 0.3) is 5.56 Å². The standard InChI is InChI=1S/C24H25FN6O3/c1-29-10-11-30(13-17(29)14-32)16-8-6-15(7-9-16)22-23-19(26-27-22)12-21(33)31(28-23)24-18(25)4-3-5-20(24)34-2/h3-9,12,17,26,32H,10-11,13-14H2,1-2H3. The molecule has 10 heteroatoms. The van der Waals surface area contributed by atoms with Crippen LogP contribution in [-0.4, -0.2) is 76.4 Å². The number of benzene rings is 2. The second-order valence-corrected chi connectivity index (χ2v) is 8.33. The zero-order chi connectivity index (χ0) is 23.8. The quantitative estimate of drug-likeness (QED) is 0.466. The number of nitrogens with one attached hydrogen (secondary N) is 1. The molecule has 0 saturated carbocycles. The van der Waals surface area contributed by atoms with Gasteiger partial charge in [0, 0.05) is 37.0 Å². The Bertz CT molecular complexity index is 1380. The van der Waals surface area contributed by atoms with Crippen molar-refractivity contribution >= 4 is 16.7 Å². The summed E-state index contributed by atoms with van der Waals surface area (Å²) in [6.45, 7) is 2.61. The number of fused-ring (bicyclic) bond motifs is 1. The van der Waals surface area contributed by atoms with Crippen molar-refractivity contribution in [2.24, 2.45) is 0 Å². The average molecular weight is 465 g/mol. The first-order valence-electron chi connectivity index (χ1n) is 11.0. The van der Waals surface area contributed by atoms with E-state index in [1.807, 2.05) is 31.3 Å². The van der Waals surface area contributed by atoms with Crippen LogP contribution in [0.1, 0.15) is 0 Å². The van der Waals surface area contributed by atoms with Crippen molar-refractivity contribution in [2.45, 2.75) is 6.04 Å². The molecule has 0 amide bonds. The number of H-pyrrole nitrogens is 1. The highest BCUT2D eigenvalue weighted by Gasteiger charge is 2.24. The topological polar surface area (TPSA) is 99.5 Å². The fourth-order valence-electron chi connectivity index (χ4n) is 4.32. The third-order valence-corrected chi connectivity index (χ3v) is 6.32. The number of ether oxygens (including phenoxy) is 1. The number of aliphatic hydroxyl groups excluding tert-OH is 1. The van der Waals surface area contributed by atoms with Crippen molar-refractivity contribution in [1.82, 2.24) is 24.9 Å². The number of aromatic amines is 1. The molecule has 0 radical (unpaired) electrons. The largest absolute Gasteiger partial charge is 0.494 e. The maximum absolute atomic E-state index is 14.6. The first kappa shape index (κ1) is 22.1. The van der Waals surface area contributed by atoms with Crippen LogP contribution in [0.15, 0.2) is 53.3 Å².